The predicted molar refractivity (Wildman–Crippen MR) is 84.1 cm³/mol. The zero-order valence-electron chi connectivity index (χ0n) is 13.3. The van der Waals surface area contributed by atoms with Gasteiger partial charge in [-0.15, -0.1) is 0 Å². The van der Waals surface area contributed by atoms with Crippen LogP contribution in [-0.4, -0.2) is 55.3 Å². The summed E-state index contributed by atoms with van der Waals surface area (Å²) in [5.41, 5.74) is 0.861. The van der Waals surface area contributed by atoms with Crippen LogP contribution in [0.25, 0.3) is 0 Å². The molecule has 0 aromatic heterocycles. The van der Waals surface area contributed by atoms with E-state index in [9.17, 15) is 9.59 Å². The normalized spacial score (nSPS) is 22.2. The molecule has 1 aromatic rings. The highest BCUT2D eigenvalue weighted by atomic mass is 16.6. The minimum Gasteiger partial charge on any atom is -0.486 e. The summed E-state index contributed by atoms with van der Waals surface area (Å²) in [7, 11) is 0. The maximum Gasteiger partial charge on any atom is 0.410 e. The molecule has 1 unspecified atom stereocenters. The largest absolute Gasteiger partial charge is 0.486 e. The number of nitrogens with one attached hydrogen (secondary N) is 1. The second kappa shape index (κ2) is 6.22. The average molecular weight is 332 g/mol. The summed E-state index contributed by atoms with van der Waals surface area (Å²) in [5.74, 6) is 1.28. The summed E-state index contributed by atoms with van der Waals surface area (Å²) in [4.78, 5) is 25.6. The van der Waals surface area contributed by atoms with E-state index in [2.05, 4.69) is 5.32 Å². The highest BCUT2D eigenvalue weighted by Gasteiger charge is 2.40. The Morgan fingerprint density at radius 1 is 1.21 bits per heavy atom. The molecule has 7 heteroatoms. The molecule has 2 heterocycles. The average Bonchev–Trinajstić information content (AvgIpc) is 3.36. The lowest BCUT2D eigenvalue weighted by molar-refractivity contribution is -0.120. The maximum absolute atomic E-state index is 12.1. The van der Waals surface area contributed by atoms with Gasteiger partial charge >= 0.3 is 6.09 Å². The number of carbonyl (C=O) groups excluding carboxylic acids is 2. The minimum absolute atomic E-state index is 0.104. The molecule has 1 aliphatic carbocycles. The summed E-state index contributed by atoms with van der Waals surface area (Å²) in [5, 5.41) is 2.84. The zero-order valence-corrected chi connectivity index (χ0v) is 13.3. The predicted octanol–water partition coefficient (Wildman–Crippen LogP) is 1.10. The van der Waals surface area contributed by atoms with Gasteiger partial charge in [0.15, 0.2) is 11.5 Å². The summed E-state index contributed by atoms with van der Waals surface area (Å²) in [6, 6.07) is 5.86. The van der Waals surface area contributed by atoms with Gasteiger partial charge in [-0.1, -0.05) is 6.07 Å². The first kappa shape index (κ1) is 15.1. The van der Waals surface area contributed by atoms with Crippen molar-refractivity contribution in [3.63, 3.8) is 0 Å². The SMILES string of the molecule is O=C(Cc1ccc2c(c1)OCCO2)NCC1CN(C2CC2)C(=O)O1. The topological polar surface area (TPSA) is 77.1 Å². The van der Waals surface area contributed by atoms with E-state index in [4.69, 9.17) is 14.2 Å². The molecule has 2 fully saturated rings. The molecular weight excluding hydrogens is 312 g/mol. The van der Waals surface area contributed by atoms with Gasteiger partial charge in [-0.3, -0.25) is 4.79 Å². The molecule has 128 valence electrons. The van der Waals surface area contributed by atoms with Gasteiger partial charge in [-0.05, 0) is 30.5 Å². The van der Waals surface area contributed by atoms with E-state index < -0.39 is 0 Å². The standard InChI is InChI=1S/C17H20N2O5/c20-16(8-11-1-4-14-15(7-11)23-6-5-22-14)18-9-13-10-19(12-2-3-12)17(21)24-13/h1,4,7,12-13H,2-3,5-6,8-10H2,(H,18,20). The number of benzene rings is 1. The second-order valence-electron chi connectivity index (χ2n) is 6.35. The summed E-state index contributed by atoms with van der Waals surface area (Å²) in [6.07, 6.45) is 1.84. The van der Waals surface area contributed by atoms with Crippen molar-refractivity contribution in [2.75, 3.05) is 26.3 Å². The third-order valence-electron chi connectivity index (χ3n) is 4.39. The lowest BCUT2D eigenvalue weighted by atomic mass is 10.1. The molecule has 0 spiro atoms. The van der Waals surface area contributed by atoms with Crippen LogP contribution in [0.15, 0.2) is 18.2 Å². The fraction of sp³-hybridized carbons (Fsp3) is 0.529. The monoisotopic (exact) mass is 332 g/mol. The first-order chi connectivity index (χ1) is 11.7. The Balaban J connectivity index is 1.27. The van der Waals surface area contributed by atoms with E-state index in [1.807, 2.05) is 18.2 Å². The number of rotatable bonds is 5. The number of hydrogen-bond donors (Lipinski definition) is 1. The van der Waals surface area contributed by atoms with Gasteiger partial charge in [0.1, 0.15) is 19.3 Å². The van der Waals surface area contributed by atoms with E-state index in [0.29, 0.717) is 43.8 Å². The van der Waals surface area contributed by atoms with Crippen LogP contribution in [0.4, 0.5) is 4.79 Å². The van der Waals surface area contributed by atoms with Crippen LogP contribution in [0, 0.1) is 0 Å². The molecule has 1 atom stereocenters. The molecular formula is C17H20N2O5. The Labute approximate surface area is 139 Å². The Hall–Kier alpha value is -2.44. The van der Waals surface area contributed by atoms with Crippen LogP contribution in [0.2, 0.25) is 0 Å². The third kappa shape index (κ3) is 3.25. The molecule has 24 heavy (non-hydrogen) atoms. The van der Waals surface area contributed by atoms with Crippen LogP contribution in [0.1, 0.15) is 18.4 Å². The quantitative estimate of drug-likeness (QED) is 0.874. The first-order valence-electron chi connectivity index (χ1n) is 8.31. The van der Waals surface area contributed by atoms with Crippen molar-refractivity contribution >= 4 is 12.0 Å². The molecule has 2 aliphatic heterocycles. The van der Waals surface area contributed by atoms with E-state index in [0.717, 1.165) is 18.4 Å². The Morgan fingerprint density at radius 3 is 2.79 bits per heavy atom. The van der Waals surface area contributed by atoms with Crippen LogP contribution in [0.5, 0.6) is 11.5 Å². The lowest BCUT2D eigenvalue weighted by Crippen LogP contribution is -2.35. The van der Waals surface area contributed by atoms with Crippen molar-refractivity contribution in [3.8, 4) is 11.5 Å². The molecule has 4 rings (SSSR count). The van der Waals surface area contributed by atoms with Crippen molar-refractivity contribution in [2.45, 2.75) is 31.4 Å². The summed E-state index contributed by atoms with van der Waals surface area (Å²) >= 11 is 0. The Kier molecular flexibility index (Phi) is 3.92. The molecule has 1 saturated heterocycles. The van der Waals surface area contributed by atoms with E-state index in [1.54, 1.807) is 4.90 Å². The molecule has 1 N–H and O–H groups in total. The van der Waals surface area contributed by atoms with Gasteiger partial charge < -0.3 is 24.4 Å². The van der Waals surface area contributed by atoms with Crippen LogP contribution >= 0.6 is 0 Å². The number of hydrogen-bond acceptors (Lipinski definition) is 5. The maximum atomic E-state index is 12.1. The zero-order chi connectivity index (χ0) is 16.5. The minimum atomic E-state index is -0.262. The smallest absolute Gasteiger partial charge is 0.410 e. The fourth-order valence-corrected chi connectivity index (χ4v) is 3.01. The van der Waals surface area contributed by atoms with E-state index in [1.165, 1.54) is 0 Å². The molecule has 1 aromatic carbocycles. The van der Waals surface area contributed by atoms with Crippen molar-refractivity contribution < 1.29 is 23.8 Å². The van der Waals surface area contributed by atoms with Crippen LogP contribution in [-0.2, 0) is 16.0 Å². The van der Waals surface area contributed by atoms with Gasteiger partial charge in [0.25, 0.3) is 0 Å². The van der Waals surface area contributed by atoms with Crippen molar-refractivity contribution in [2.24, 2.45) is 0 Å². The van der Waals surface area contributed by atoms with Crippen molar-refractivity contribution in [1.29, 1.82) is 0 Å². The molecule has 3 aliphatic rings. The Morgan fingerprint density at radius 2 is 2.00 bits per heavy atom. The van der Waals surface area contributed by atoms with Gasteiger partial charge in [-0.2, -0.15) is 0 Å². The second-order valence-corrected chi connectivity index (χ2v) is 6.35. The highest BCUT2D eigenvalue weighted by Crippen LogP contribution is 2.31. The molecule has 0 radical (unpaired) electrons. The van der Waals surface area contributed by atoms with Crippen molar-refractivity contribution in [3.05, 3.63) is 23.8 Å². The van der Waals surface area contributed by atoms with Gasteiger partial charge in [0.2, 0.25) is 5.91 Å². The lowest BCUT2D eigenvalue weighted by Gasteiger charge is -2.18. The van der Waals surface area contributed by atoms with Gasteiger partial charge in [0.05, 0.1) is 19.5 Å². The van der Waals surface area contributed by atoms with E-state index >= 15 is 0 Å². The number of carbonyl (C=O) groups is 2. The van der Waals surface area contributed by atoms with Gasteiger partial charge in [-0.25, -0.2) is 4.79 Å². The third-order valence-corrected chi connectivity index (χ3v) is 4.39. The number of fused-ring (bicyclic) bond motifs is 1. The van der Waals surface area contributed by atoms with Crippen molar-refractivity contribution in [1.82, 2.24) is 10.2 Å². The summed E-state index contributed by atoms with van der Waals surface area (Å²) in [6.45, 7) is 1.98. The van der Waals surface area contributed by atoms with E-state index in [-0.39, 0.29) is 24.5 Å². The van der Waals surface area contributed by atoms with Gasteiger partial charge in [0, 0.05) is 6.04 Å². The number of amides is 2. The van der Waals surface area contributed by atoms with Crippen LogP contribution < -0.4 is 14.8 Å². The molecule has 0 bridgehead atoms. The number of ether oxygens (including phenoxy) is 3. The number of nitrogens with zero attached hydrogens (tertiary/aromatic N) is 1. The molecule has 7 nitrogen and oxygen atoms in total. The summed E-state index contributed by atoms with van der Waals surface area (Å²) < 4.78 is 16.3. The highest BCUT2D eigenvalue weighted by molar-refractivity contribution is 5.79. The molecule has 2 amide bonds. The Bertz CT molecular complexity index is 658. The fourth-order valence-electron chi connectivity index (χ4n) is 3.01. The first-order valence-corrected chi connectivity index (χ1v) is 8.31. The number of cyclic esters (lactones) is 1. The molecule has 1 saturated carbocycles. The van der Waals surface area contributed by atoms with Crippen LogP contribution in [0.3, 0.4) is 0 Å².